The van der Waals surface area contributed by atoms with E-state index in [1.54, 1.807) is 6.92 Å². The Morgan fingerprint density at radius 2 is 1.86 bits per heavy atom. The molecule has 1 saturated carbocycles. The van der Waals surface area contributed by atoms with Gasteiger partial charge in [0.25, 0.3) is 4.99 Å². The molecule has 1 saturated heterocycles. The van der Waals surface area contributed by atoms with Crippen LogP contribution >= 0.6 is 7.60 Å². The molecule has 0 spiro atoms. The van der Waals surface area contributed by atoms with Crippen molar-refractivity contribution in [2.45, 2.75) is 74.4 Å². The molecule has 202 valence electrons. The maximum absolute atomic E-state index is 13.2. The first kappa shape index (κ1) is 27.2. The van der Waals surface area contributed by atoms with Crippen molar-refractivity contribution in [3.05, 3.63) is 12.2 Å². The zero-order valence-electron chi connectivity index (χ0n) is 18.8. The monoisotopic (exact) mass is 559 g/mol. The van der Waals surface area contributed by atoms with Crippen molar-refractivity contribution in [3.8, 4) is 0 Å². The topological polar surface area (TPSA) is 197 Å². The number of hydrogen-bond acceptors (Lipinski definition) is 10. The van der Waals surface area contributed by atoms with Crippen molar-refractivity contribution < 1.29 is 50.9 Å². The highest BCUT2D eigenvalue weighted by Crippen LogP contribution is 2.52. The van der Waals surface area contributed by atoms with Crippen LogP contribution in [0.2, 0.25) is 0 Å². The van der Waals surface area contributed by atoms with E-state index in [0.29, 0.717) is 17.2 Å². The third kappa shape index (κ3) is 5.23. The summed E-state index contributed by atoms with van der Waals surface area (Å²) in [5.74, 6) is -0.858. The number of halogens is 3. The van der Waals surface area contributed by atoms with E-state index in [-0.39, 0.29) is 11.7 Å². The Labute approximate surface area is 202 Å². The van der Waals surface area contributed by atoms with Gasteiger partial charge in [-0.05, 0) is 19.8 Å². The first-order valence-electron chi connectivity index (χ1n) is 10.9. The van der Waals surface area contributed by atoms with Gasteiger partial charge in [-0.2, -0.15) is 13.2 Å². The minimum atomic E-state index is -6.18. The Kier molecular flexibility index (Phi) is 7.13. The van der Waals surface area contributed by atoms with Gasteiger partial charge in [0, 0.05) is 6.04 Å². The lowest BCUT2D eigenvalue weighted by atomic mass is 10.1. The van der Waals surface area contributed by atoms with Crippen LogP contribution in [-0.2, 0) is 19.1 Å². The van der Waals surface area contributed by atoms with E-state index in [1.165, 1.54) is 10.9 Å². The average Bonchev–Trinajstić information content (AvgIpc) is 3.42. The lowest BCUT2D eigenvalue weighted by Crippen LogP contribution is -2.43. The van der Waals surface area contributed by atoms with Crippen LogP contribution in [0.5, 0.6) is 0 Å². The van der Waals surface area contributed by atoms with Crippen molar-refractivity contribution >= 4 is 34.4 Å². The molecule has 13 nitrogen and oxygen atoms in total. The van der Waals surface area contributed by atoms with Crippen LogP contribution in [-0.4, -0.2) is 89.2 Å². The number of rotatable bonds is 7. The van der Waals surface area contributed by atoms with Crippen LogP contribution < -0.4 is 5.32 Å². The number of fused-ring (bicyclic) bond motifs is 1. The van der Waals surface area contributed by atoms with Crippen molar-refractivity contribution in [3.63, 3.8) is 0 Å². The zero-order valence-corrected chi connectivity index (χ0v) is 20.5. The van der Waals surface area contributed by atoms with Gasteiger partial charge in [-0.1, -0.05) is 12.8 Å². The number of imidazole rings is 1. The predicted molar refractivity (Wildman–Crippen MR) is 118 cm³/mol. The number of anilines is 1. The molecule has 3 heterocycles. The first-order valence-corrected chi connectivity index (χ1v) is 14.3. The van der Waals surface area contributed by atoms with Gasteiger partial charge in [-0.25, -0.2) is 23.4 Å². The normalized spacial score (nSPS) is 27.1. The number of nitrogens with zero attached hydrogens (tertiary/aromatic N) is 4. The number of nitrogens with one attached hydrogen (secondary N) is 1. The summed E-state index contributed by atoms with van der Waals surface area (Å²) in [6.45, 7) is 1.60. The van der Waals surface area contributed by atoms with Crippen molar-refractivity contribution in [1.29, 1.82) is 0 Å². The van der Waals surface area contributed by atoms with Crippen LogP contribution in [0, 0.1) is 6.92 Å². The molecule has 5 atom stereocenters. The fourth-order valence-corrected chi connectivity index (χ4v) is 8.23. The Bertz CT molecular complexity index is 1280. The molecule has 2 fully saturated rings. The van der Waals surface area contributed by atoms with E-state index in [9.17, 15) is 36.4 Å². The van der Waals surface area contributed by atoms with E-state index in [4.69, 9.17) is 14.5 Å². The standard InChI is InChI=1S/C18H25F3N5O8PS/c1-8-23-14(25-9-4-2-3-5-9)11-15(24-8)26(7-22-11)16-13(28)12(27)10(34-16)6-36(32,33)17(18(19,20)21)35(29,30)31/h7,9-10,12-13,16-17,27-28H,2-6H2,1H3,(H,23,24,25)(H2,29,30,31)/t10-,12-,13-,16-,17?/m1/s1. The molecule has 0 bridgehead atoms. The molecule has 0 aromatic carbocycles. The molecule has 36 heavy (non-hydrogen) atoms. The van der Waals surface area contributed by atoms with E-state index >= 15 is 0 Å². The number of sulfone groups is 1. The second-order valence-electron chi connectivity index (χ2n) is 8.93. The molecule has 1 aliphatic carbocycles. The summed E-state index contributed by atoms with van der Waals surface area (Å²) >= 11 is 0. The summed E-state index contributed by atoms with van der Waals surface area (Å²) in [5.41, 5.74) is 0.457. The van der Waals surface area contributed by atoms with Crippen LogP contribution in [0.1, 0.15) is 37.7 Å². The van der Waals surface area contributed by atoms with E-state index < -0.39 is 58.9 Å². The second kappa shape index (κ2) is 9.45. The van der Waals surface area contributed by atoms with E-state index in [0.717, 1.165) is 25.7 Å². The summed E-state index contributed by atoms with van der Waals surface area (Å²) in [7, 11) is -11.8. The largest absolute Gasteiger partial charge is 0.417 e. The van der Waals surface area contributed by atoms with Crippen molar-refractivity contribution in [2.24, 2.45) is 0 Å². The third-order valence-electron chi connectivity index (χ3n) is 6.16. The smallest absolute Gasteiger partial charge is 0.387 e. The molecule has 18 heteroatoms. The van der Waals surface area contributed by atoms with Crippen molar-refractivity contribution in [2.75, 3.05) is 11.1 Å². The van der Waals surface area contributed by atoms with Gasteiger partial charge in [0.05, 0.1) is 12.1 Å². The summed E-state index contributed by atoms with van der Waals surface area (Å²) in [4.78, 5) is 26.9. The lowest BCUT2D eigenvalue weighted by molar-refractivity contribution is -0.118. The van der Waals surface area contributed by atoms with Gasteiger partial charge < -0.3 is 30.1 Å². The Hall–Kier alpha value is -1.88. The number of alkyl halides is 3. The first-order chi connectivity index (χ1) is 16.6. The van der Waals surface area contributed by atoms with Crippen molar-refractivity contribution in [1.82, 2.24) is 19.5 Å². The van der Waals surface area contributed by atoms with Crippen LogP contribution in [0.3, 0.4) is 0 Å². The summed E-state index contributed by atoms with van der Waals surface area (Å²) in [6.07, 6.45) is -7.84. The van der Waals surface area contributed by atoms with E-state index in [1.807, 2.05) is 0 Å². The van der Waals surface area contributed by atoms with Gasteiger partial charge in [-0.3, -0.25) is 9.13 Å². The number of hydrogen-bond donors (Lipinski definition) is 5. The molecule has 2 aliphatic rings. The summed E-state index contributed by atoms with van der Waals surface area (Å²) in [5, 5.41) is 24.2. The summed E-state index contributed by atoms with van der Waals surface area (Å²) < 4.78 is 82.2. The second-order valence-corrected chi connectivity index (χ2v) is 13.1. The molecule has 1 unspecified atom stereocenters. The minimum absolute atomic E-state index is 0.158. The Balaban J connectivity index is 1.62. The molecular formula is C18H25F3N5O8PS. The lowest BCUT2D eigenvalue weighted by Gasteiger charge is -2.23. The summed E-state index contributed by atoms with van der Waals surface area (Å²) in [6, 6.07) is 0.174. The fourth-order valence-electron chi connectivity index (χ4n) is 4.60. The number of aryl methyl sites for hydroxylation is 1. The molecule has 2 aromatic rings. The number of aliphatic hydroxyl groups is 2. The molecule has 1 aliphatic heterocycles. The van der Waals surface area contributed by atoms with E-state index in [2.05, 4.69) is 20.3 Å². The molecule has 0 radical (unpaired) electrons. The van der Waals surface area contributed by atoms with Crippen LogP contribution in [0.4, 0.5) is 19.0 Å². The van der Waals surface area contributed by atoms with Gasteiger partial charge in [-0.15, -0.1) is 0 Å². The van der Waals surface area contributed by atoms with Crippen LogP contribution in [0.15, 0.2) is 6.33 Å². The molecular weight excluding hydrogens is 534 g/mol. The number of ether oxygens (including phenoxy) is 1. The predicted octanol–water partition coefficient (Wildman–Crippen LogP) is 0.589. The number of aromatic nitrogens is 4. The van der Waals surface area contributed by atoms with Gasteiger partial charge in [0.15, 0.2) is 33.0 Å². The fraction of sp³-hybridized carbons (Fsp3) is 0.722. The molecule has 0 amide bonds. The average molecular weight is 559 g/mol. The zero-order chi connectivity index (χ0) is 26.6. The van der Waals surface area contributed by atoms with Crippen LogP contribution in [0.25, 0.3) is 11.2 Å². The Morgan fingerprint density at radius 1 is 1.22 bits per heavy atom. The maximum atomic E-state index is 13.2. The molecule has 2 aromatic heterocycles. The van der Waals surface area contributed by atoms with Gasteiger partial charge in [0.1, 0.15) is 24.1 Å². The highest BCUT2D eigenvalue weighted by Gasteiger charge is 2.60. The van der Waals surface area contributed by atoms with Gasteiger partial charge in [0.2, 0.25) is 0 Å². The maximum Gasteiger partial charge on any atom is 0.417 e. The highest BCUT2D eigenvalue weighted by molar-refractivity contribution is 7.98. The molecule has 5 N–H and O–H groups in total. The van der Waals surface area contributed by atoms with Gasteiger partial charge >= 0.3 is 13.8 Å². The third-order valence-corrected chi connectivity index (χ3v) is 10.6. The quantitative estimate of drug-likeness (QED) is 0.297. The molecule has 4 rings (SSSR count). The number of aliphatic hydroxyl groups excluding tert-OH is 2. The highest BCUT2D eigenvalue weighted by atomic mass is 32.2. The SMILES string of the molecule is Cc1nc(NC2CCCC2)c2ncn([C@@H]3O[C@H](CS(=O)(=O)C(C(F)(F)F)P(=O)(O)O)[C@@H](O)[C@H]3O)c2n1. The minimum Gasteiger partial charge on any atom is -0.387 e. The Morgan fingerprint density at radius 3 is 2.44 bits per heavy atom.